The average Bonchev–Trinajstić information content (AvgIpc) is 2.42. The molecule has 4 nitrogen and oxygen atoms in total. The average molecular weight is 312 g/mol. The second-order valence-corrected chi connectivity index (χ2v) is 4.72. The fraction of sp³-hybridized carbons (Fsp3) is 0.143. The van der Waals surface area contributed by atoms with E-state index in [1.165, 1.54) is 12.1 Å². The van der Waals surface area contributed by atoms with Crippen molar-refractivity contribution in [2.24, 2.45) is 0 Å². The molecule has 0 radical (unpaired) electrons. The van der Waals surface area contributed by atoms with E-state index in [1.807, 2.05) is 0 Å². The smallest absolute Gasteiger partial charge is 0.354 e. The number of esters is 1. The number of aromatic nitrogens is 1. The number of H-pyrrole nitrogens is 1. The molecule has 2 aromatic rings. The fourth-order valence-electron chi connectivity index (χ4n) is 1.73. The van der Waals surface area contributed by atoms with E-state index in [4.69, 9.17) is 27.9 Å². The van der Waals surface area contributed by atoms with Gasteiger partial charge in [0.25, 0.3) is 5.56 Å². The molecule has 0 aliphatic carbocycles. The summed E-state index contributed by atoms with van der Waals surface area (Å²) in [6.07, 6.45) is 0. The second-order valence-electron chi connectivity index (χ2n) is 3.94. The number of nitrogens with one attached hydrogen (secondary N) is 1. The highest BCUT2D eigenvalue weighted by Gasteiger charge is 2.13. The molecule has 0 aliphatic heterocycles. The first-order valence-corrected chi connectivity index (χ1v) is 6.65. The molecule has 20 heavy (non-hydrogen) atoms. The lowest BCUT2D eigenvalue weighted by atomic mass is 10.1. The summed E-state index contributed by atoms with van der Waals surface area (Å²) in [7, 11) is 0. The summed E-state index contributed by atoms with van der Waals surface area (Å²) in [5, 5.41) is 0.654. The third kappa shape index (κ3) is 2.86. The topological polar surface area (TPSA) is 59.2 Å². The van der Waals surface area contributed by atoms with Gasteiger partial charge in [0.15, 0.2) is 0 Å². The molecular weight excluding hydrogens is 301 g/mol. The van der Waals surface area contributed by atoms with E-state index >= 15 is 0 Å². The predicted octanol–water partition coefficient (Wildman–Crippen LogP) is 3.53. The molecule has 0 amide bonds. The quantitative estimate of drug-likeness (QED) is 0.882. The maximum Gasteiger partial charge on any atom is 0.354 e. The third-order valence-electron chi connectivity index (χ3n) is 2.65. The van der Waals surface area contributed by atoms with Crippen molar-refractivity contribution in [1.29, 1.82) is 0 Å². The first-order valence-electron chi connectivity index (χ1n) is 5.89. The van der Waals surface area contributed by atoms with Crippen molar-refractivity contribution in [2.75, 3.05) is 6.61 Å². The SMILES string of the molecule is CCOC(=O)c1ccc(-c2cccc(Cl)c2Cl)c(=O)[nH]1. The predicted molar refractivity (Wildman–Crippen MR) is 78.5 cm³/mol. The Morgan fingerprint density at radius 1 is 1.20 bits per heavy atom. The van der Waals surface area contributed by atoms with Crippen LogP contribution < -0.4 is 5.56 Å². The van der Waals surface area contributed by atoms with Crippen LogP contribution in [0.2, 0.25) is 10.0 Å². The molecule has 6 heteroatoms. The maximum atomic E-state index is 12.0. The largest absolute Gasteiger partial charge is 0.461 e. The van der Waals surface area contributed by atoms with E-state index in [0.29, 0.717) is 21.2 Å². The first kappa shape index (κ1) is 14.6. The van der Waals surface area contributed by atoms with Crippen LogP contribution in [0.25, 0.3) is 11.1 Å². The molecule has 0 atom stereocenters. The van der Waals surface area contributed by atoms with Gasteiger partial charge in [0.1, 0.15) is 5.69 Å². The minimum absolute atomic E-state index is 0.0961. The van der Waals surface area contributed by atoms with Crippen molar-refractivity contribution in [1.82, 2.24) is 4.98 Å². The fourth-order valence-corrected chi connectivity index (χ4v) is 2.13. The Kier molecular flexibility index (Phi) is 4.47. The minimum atomic E-state index is -0.576. The molecule has 0 fully saturated rings. The van der Waals surface area contributed by atoms with Gasteiger partial charge in [-0.15, -0.1) is 0 Å². The number of hydrogen-bond acceptors (Lipinski definition) is 3. The lowest BCUT2D eigenvalue weighted by molar-refractivity contribution is 0.0519. The Morgan fingerprint density at radius 2 is 1.95 bits per heavy atom. The van der Waals surface area contributed by atoms with E-state index < -0.39 is 11.5 Å². The Hall–Kier alpha value is -1.78. The number of benzene rings is 1. The van der Waals surface area contributed by atoms with Crippen molar-refractivity contribution in [3.05, 3.63) is 56.4 Å². The van der Waals surface area contributed by atoms with Crippen LogP contribution in [0.15, 0.2) is 35.1 Å². The van der Waals surface area contributed by atoms with Gasteiger partial charge >= 0.3 is 5.97 Å². The summed E-state index contributed by atoms with van der Waals surface area (Å²) in [5.74, 6) is -0.576. The van der Waals surface area contributed by atoms with Gasteiger partial charge in [-0.05, 0) is 25.1 Å². The second kappa shape index (κ2) is 6.11. The Bertz CT molecular complexity index is 710. The molecule has 1 heterocycles. The van der Waals surface area contributed by atoms with Crippen molar-refractivity contribution in [3.8, 4) is 11.1 Å². The number of pyridine rings is 1. The summed E-state index contributed by atoms with van der Waals surface area (Å²) < 4.78 is 4.82. The van der Waals surface area contributed by atoms with Crippen LogP contribution in [0.3, 0.4) is 0 Å². The standard InChI is InChI=1S/C14H11Cl2NO3/c1-2-20-14(19)11-7-6-9(13(18)17-11)8-4-3-5-10(15)12(8)16/h3-7H,2H2,1H3,(H,17,18). The van der Waals surface area contributed by atoms with Gasteiger partial charge in [-0.2, -0.15) is 0 Å². The van der Waals surface area contributed by atoms with Gasteiger partial charge < -0.3 is 9.72 Å². The summed E-state index contributed by atoms with van der Waals surface area (Å²) in [5.41, 5.74) is 0.514. The van der Waals surface area contributed by atoms with Gasteiger partial charge in [-0.3, -0.25) is 4.79 Å². The molecule has 0 bridgehead atoms. The normalized spacial score (nSPS) is 10.3. The monoisotopic (exact) mass is 311 g/mol. The van der Waals surface area contributed by atoms with Crippen LogP contribution in [-0.2, 0) is 4.74 Å². The van der Waals surface area contributed by atoms with E-state index in [9.17, 15) is 9.59 Å². The van der Waals surface area contributed by atoms with Gasteiger partial charge in [-0.1, -0.05) is 35.3 Å². The van der Waals surface area contributed by atoms with E-state index in [2.05, 4.69) is 4.98 Å². The van der Waals surface area contributed by atoms with Crippen molar-refractivity contribution >= 4 is 29.2 Å². The van der Waals surface area contributed by atoms with E-state index in [1.54, 1.807) is 25.1 Å². The number of halogens is 2. The first-order chi connectivity index (χ1) is 9.54. The number of carbonyl (C=O) groups is 1. The summed E-state index contributed by atoms with van der Waals surface area (Å²) in [6, 6.07) is 8.01. The van der Waals surface area contributed by atoms with Gasteiger partial charge in [0, 0.05) is 11.1 Å². The van der Waals surface area contributed by atoms with Crippen LogP contribution in [0, 0.1) is 0 Å². The van der Waals surface area contributed by atoms with Crippen LogP contribution in [-0.4, -0.2) is 17.6 Å². The molecule has 0 spiro atoms. The highest BCUT2D eigenvalue weighted by Crippen LogP contribution is 2.31. The highest BCUT2D eigenvalue weighted by molar-refractivity contribution is 6.43. The molecule has 0 unspecified atom stereocenters. The van der Waals surface area contributed by atoms with Gasteiger partial charge in [-0.25, -0.2) is 4.79 Å². The summed E-state index contributed by atoms with van der Waals surface area (Å²) in [6.45, 7) is 1.93. The van der Waals surface area contributed by atoms with E-state index in [0.717, 1.165) is 0 Å². The van der Waals surface area contributed by atoms with Crippen LogP contribution >= 0.6 is 23.2 Å². The third-order valence-corrected chi connectivity index (χ3v) is 3.47. The van der Waals surface area contributed by atoms with Crippen LogP contribution in [0.1, 0.15) is 17.4 Å². The molecule has 0 aliphatic rings. The zero-order chi connectivity index (χ0) is 14.7. The van der Waals surface area contributed by atoms with Crippen LogP contribution in [0.4, 0.5) is 0 Å². The number of carbonyl (C=O) groups excluding carboxylic acids is 1. The Morgan fingerprint density at radius 3 is 2.60 bits per heavy atom. The maximum absolute atomic E-state index is 12.0. The summed E-state index contributed by atoms with van der Waals surface area (Å²) >= 11 is 12.0. The van der Waals surface area contributed by atoms with Crippen molar-refractivity contribution in [2.45, 2.75) is 6.92 Å². The Labute approximate surface area is 125 Å². The molecule has 1 N–H and O–H groups in total. The van der Waals surface area contributed by atoms with Gasteiger partial charge in [0.2, 0.25) is 0 Å². The van der Waals surface area contributed by atoms with E-state index in [-0.39, 0.29) is 12.3 Å². The molecule has 1 aromatic carbocycles. The van der Waals surface area contributed by atoms with Crippen LogP contribution in [0.5, 0.6) is 0 Å². The lowest BCUT2D eigenvalue weighted by Gasteiger charge is -2.06. The van der Waals surface area contributed by atoms with Crippen molar-refractivity contribution in [3.63, 3.8) is 0 Å². The molecule has 1 aromatic heterocycles. The highest BCUT2D eigenvalue weighted by atomic mass is 35.5. The lowest BCUT2D eigenvalue weighted by Crippen LogP contribution is -2.16. The number of aromatic amines is 1. The Balaban J connectivity index is 2.47. The molecule has 2 rings (SSSR count). The van der Waals surface area contributed by atoms with Gasteiger partial charge in [0.05, 0.1) is 16.7 Å². The number of rotatable bonds is 3. The zero-order valence-corrected chi connectivity index (χ0v) is 12.1. The zero-order valence-electron chi connectivity index (χ0n) is 10.6. The number of hydrogen-bond donors (Lipinski definition) is 1. The van der Waals surface area contributed by atoms with Crippen molar-refractivity contribution < 1.29 is 9.53 Å². The number of ether oxygens (including phenoxy) is 1. The molecule has 0 saturated carbocycles. The molecular formula is C14H11Cl2NO3. The summed E-state index contributed by atoms with van der Waals surface area (Å²) in [4.78, 5) is 26.0. The molecule has 0 saturated heterocycles. The minimum Gasteiger partial charge on any atom is -0.461 e. The molecule has 104 valence electrons.